The number of nitrogens with zero attached hydrogens (tertiary/aromatic N) is 2. The second-order valence-corrected chi connectivity index (χ2v) is 6.81. The standard InChI is InChI=1S/C27H18N2/c1-3-9-21(10-4-1)15-16-22-17-19-23(20-18-22)27-25-13-7-8-14-26(25)28-29(27)24-11-5-2-6-12-24/h1-14,17-20H. The van der Waals surface area contributed by atoms with Crippen LogP contribution in [0.15, 0.2) is 109 Å². The molecular weight excluding hydrogens is 352 g/mol. The molecule has 0 radical (unpaired) electrons. The lowest BCUT2D eigenvalue weighted by molar-refractivity contribution is 0.904. The summed E-state index contributed by atoms with van der Waals surface area (Å²) >= 11 is 0. The van der Waals surface area contributed by atoms with Crippen molar-refractivity contribution in [2.75, 3.05) is 0 Å². The van der Waals surface area contributed by atoms with Crippen LogP contribution in [0.3, 0.4) is 0 Å². The molecule has 1 aromatic heterocycles. The van der Waals surface area contributed by atoms with Crippen LogP contribution in [0.25, 0.3) is 27.8 Å². The Bertz CT molecular complexity index is 1320. The van der Waals surface area contributed by atoms with E-state index in [0.29, 0.717) is 0 Å². The van der Waals surface area contributed by atoms with Gasteiger partial charge in [-0.05, 0) is 42.5 Å². The van der Waals surface area contributed by atoms with Gasteiger partial charge in [-0.15, -0.1) is 0 Å². The van der Waals surface area contributed by atoms with Gasteiger partial charge < -0.3 is 0 Å². The topological polar surface area (TPSA) is 17.8 Å². The van der Waals surface area contributed by atoms with E-state index in [-0.39, 0.29) is 0 Å². The van der Waals surface area contributed by atoms with E-state index in [4.69, 9.17) is 5.10 Å². The number of hydrogen-bond donors (Lipinski definition) is 0. The Balaban J connectivity index is 1.58. The van der Waals surface area contributed by atoms with Gasteiger partial charge >= 0.3 is 0 Å². The highest BCUT2D eigenvalue weighted by Gasteiger charge is 2.14. The fourth-order valence-corrected chi connectivity index (χ4v) is 3.44. The molecule has 0 spiro atoms. The molecule has 2 nitrogen and oxygen atoms in total. The minimum atomic E-state index is 0.985. The third-order valence-electron chi connectivity index (χ3n) is 4.86. The minimum absolute atomic E-state index is 0.985. The molecule has 5 rings (SSSR count). The molecule has 0 fully saturated rings. The van der Waals surface area contributed by atoms with Gasteiger partial charge in [-0.2, -0.15) is 5.10 Å². The monoisotopic (exact) mass is 370 g/mol. The van der Waals surface area contributed by atoms with Crippen LogP contribution < -0.4 is 0 Å². The van der Waals surface area contributed by atoms with Crippen LogP contribution in [0.1, 0.15) is 11.1 Å². The largest absolute Gasteiger partial charge is 0.232 e. The summed E-state index contributed by atoms with van der Waals surface area (Å²) in [6, 6.07) is 36.9. The molecule has 5 aromatic rings. The zero-order valence-corrected chi connectivity index (χ0v) is 15.8. The molecule has 0 aliphatic rings. The molecule has 29 heavy (non-hydrogen) atoms. The molecule has 136 valence electrons. The van der Waals surface area contributed by atoms with Crippen LogP contribution >= 0.6 is 0 Å². The molecule has 0 amide bonds. The predicted molar refractivity (Wildman–Crippen MR) is 119 cm³/mol. The van der Waals surface area contributed by atoms with E-state index in [1.54, 1.807) is 0 Å². The van der Waals surface area contributed by atoms with Gasteiger partial charge in [0.2, 0.25) is 0 Å². The van der Waals surface area contributed by atoms with Crippen molar-refractivity contribution in [3.63, 3.8) is 0 Å². The normalized spacial score (nSPS) is 10.5. The van der Waals surface area contributed by atoms with Gasteiger partial charge in [0.25, 0.3) is 0 Å². The molecule has 0 unspecified atom stereocenters. The Labute approximate surface area is 170 Å². The van der Waals surface area contributed by atoms with Crippen molar-refractivity contribution in [2.24, 2.45) is 0 Å². The summed E-state index contributed by atoms with van der Waals surface area (Å²) in [6.07, 6.45) is 0. The number of fused-ring (bicyclic) bond motifs is 1. The lowest BCUT2D eigenvalue weighted by atomic mass is 10.1. The average molecular weight is 370 g/mol. The maximum Gasteiger partial charge on any atom is 0.0934 e. The van der Waals surface area contributed by atoms with Crippen LogP contribution in [-0.4, -0.2) is 9.78 Å². The second-order valence-electron chi connectivity index (χ2n) is 6.81. The molecular formula is C27H18N2. The van der Waals surface area contributed by atoms with Crippen molar-refractivity contribution >= 4 is 10.9 Å². The lowest BCUT2D eigenvalue weighted by Crippen LogP contribution is -1.98. The Morgan fingerprint density at radius 3 is 1.86 bits per heavy atom. The summed E-state index contributed by atoms with van der Waals surface area (Å²) in [4.78, 5) is 0. The quantitative estimate of drug-likeness (QED) is 0.344. The van der Waals surface area contributed by atoms with Crippen molar-refractivity contribution in [1.29, 1.82) is 0 Å². The fourth-order valence-electron chi connectivity index (χ4n) is 3.44. The molecule has 0 bridgehead atoms. The van der Waals surface area contributed by atoms with E-state index in [2.05, 4.69) is 66.4 Å². The highest BCUT2D eigenvalue weighted by molar-refractivity contribution is 5.94. The van der Waals surface area contributed by atoms with Crippen molar-refractivity contribution in [1.82, 2.24) is 9.78 Å². The van der Waals surface area contributed by atoms with Gasteiger partial charge in [-0.25, -0.2) is 4.68 Å². The van der Waals surface area contributed by atoms with Crippen LogP contribution in [0.4, 0.5) is 0 Å². The van der Waals surface area contributed by atoms with Crippen molar-refractivity contribution in [3.8, 4) is 28.8 Å². The molecule has 2 heteroatoms. The smallest absolute Gasteiger partial charge is 0.0934 e. The second kappa shape index (κ2) is 7.50. The first-order valence-electron chi connectivity index (χ1n) is 9.59. The van der Waals surface area contributed by atoms with E-state index in [1.165, 1.54) is 0 Å². The maximum atomic E-state index is 4.85. The summed E-state index contributed by atoms with van der Waals surface area (Å²) in [5, 5.41) is 5.98. The van der Waals surface area contributed by atoms with Crippen LogP contribution in [-0.2, 0) is 0 Å². The number of hydrogen-bond acceptors (Lipinski definition) is 1. The average Bonchev–Trinajstić information content (AvgIpc) is 3.19. The Morgan fingerprint density at radius 1 is 0.552 bits per heavy atom. The number of rotatable bonds is 2. The van der Waals surface area contributed by atoms with Gasteiger partial charge in [0.15, 0.2) is 0 Å². The predicted octanol–water partition coefficient (Wildman–Crippen LogP) is 6.09. The first-order valence-corrected chi connectivity index (χ1v) is 9.59. The molecule has 1 heterocycles. The van der Waals surface area contributed by atoms with Crippen molar-refractivity contribution in [2.45, 2.75) is 0 Å². The third kappa shape index (κ3) is 3.42. The van der Waals surface area contributed by atoms with Crippen molar-refractivity contribution in [3.05, 3.63) is 120 Å². The number of para-hydroxylation sites is 1. The van der Waals surface area contributed by atoms with E-state index < -0.39 is 0 Å². The van der Waals surface area contributed by atoms with E-state index in [0.717, 1.165) is 39.0 Å². The molecule has 0 saturated carbocycles. The first kappa shape index (κ1) is 17.0. The molecule has 0 aliphatic heterocycles. The van der Waals surface area contributed by atoms with Crippen LogP contribution in [0.2, 0.25) is 0 Å². The fraction of sp³-hybridized carbons (Fsp3) is 0. The minimum Gasteiger partial charge on any atom is -0.232 e. The van der Waals surface area contributed by atoms with Gasteiger partial charge in [-0.1, -0.05) is 78.6 Å². The maximum absolute atomic E-state index is 4.85. The summed E-state index contributed by atoms with van der Waals surface area (Å²) in [6.45, 7) is 0. The van der Waals surface area contributed by atoms with Gasteiger partial charge in [-0.3, -0.25) is 0 Å². The molecule has 0 aliphatic carbocycles. The van der Waals surface area contributed by atoms with E-state index in [1.807, 2.05) is 59.3 Å². The first-order chi connectivity index (χ1) is 14.4. The van der Waals surface area contributed by atoms with Gasteiger partial charge in [0.05, 0.1) is 16.9 Å². The SMILES string of the molecule is C(#Cc1ccc(-c2c3ccccc3nn2-c2ccccc2)cc1)c1ccccc1. The highest BCUT2D eigenvalue weighted by Crippen LogP contribution is 2.31. The van der Waals surface area contributed by atoms with Crippen LogP contribution in [0.5, 0.6) is 0 Å². The molecule has 0 N–H and O–H groups in total. The van der Waals surface area contributed by atoms with Crippen molar-refractivity contribution < 1.29 is 0 Å². The molecule has 0 saturated heterocycles. The van der Waals surface area contributed by atoms with Gasteiger partial charge in [0, 0.05) is 22.1 Å². The summed E-state index contributed by atoms with van der Waals surface area (Å²) in [5.41, 5.74) is 6.26. The Hall–Kier alpha value is -4.09. The number of benzene rings is 4. The summed E-state index contributed by atoms with van der Waals surface area (Å²) in [7, 11) is 0. The Morgan fingerprint density at radius 2 is 1.14 bits per heavy atom. The van der Waals surface area contributed by atoms with Crippen LogP contribution in [0, 0.1) is 11.8 Å². The molecule has 4 aromatic carbocycles. The third-order valence-corrected chi connectivity index (χ3v) is 4.86. The highest BCUT2D eigenvalue weighted by atomic mass is 15.3. The summed E-state index contributed by atoms with van der Waals surface area (Å²) in [5.74, 6) is 6.46. The Kier molecular flexibility index (Phi) is 4.41. The zero-order chi connectivity index (χ0) is 19.5. The van der Waals surface area contributed by atoms with E-state index in [9.17, 15) is 0 Å². The summed E-state index contributed by atoms with van der Waals surface area (Å²) < 4.78 is 2.02. The number of aromatic nitrogens is 2. The van der Waals surface area contributed by atoms with E-state index >= 15 is 0 Å². The lowest BCUT2D eigenvalue weighted by Gasteiger charge is -2.08. The molecule has 0 atom stereocenters. The zero-order valence-electron chi connectivity index (χ0n) is 15.8. The van der Waals surface area contributed by atoms with Gasteiger partial charge in [0.1, 0.15) is 0 Å².